The Balaban J connectivity index is 1.61. The van der Waals surface area contributed by atoms with Gasteiger partial charge in [-0.3, -0.25) is 0 Å². The summed E-state index contributed by atoms with van der Waals surface area (Å²) in [6.45, 7) is 8.21. The van der Waals surface area contributed by atoms with Crippen molar-refractivity contribution in [3.05, 3.63) is 36.5 Å². The fourth-order valence-corrected chi connectivity index (χ4v) is 5.00. The number of rotatable bonds is 5. The molecule has 0 aliphatic carbocycles. The van der Waals surface area contributed by atoms with Gasteiger partial charge in [0.1, 0.15) is 11.4 Å². The van der Waals surface area contributed by atoms with Crippen LogP contribution in [0.15, 0.2) is 41.7 Å². The van der Waals surface area contributed by atoms with Crippen molar-refractivity contribution in [3.63, 3.8) is 0 Å². The van der Waals surface area contributed by atoms with Crippen LogP contribution in [0, 0.1) is 0 Å². The van der Waals surface area contributed by atoms with E-state index in [1.807, 2.05) is 57.4 Å². The Kier molecular flexibility index (Phi) is 7.27. The molecule has 1 aliphatic rings. The maximum absolute atomic E-state index is 12.4. The topological polar surface area (TPSA) is 80.7 Å². The first-order valence-corrected chi connectivity index (χ1v) is 13.1. The first-order chi connectivity index (χ1) is 16.3. The molecule has 1 aliphatic heterocycles. The number of benzene rings is 1. The highest BCUT2D eigenvalue weighted by Gasteiger charge is 2.28. The number of nitrogens with zero attached hydrogens (tertiary/aromatic N) is 5. The van der Waals surface area contributed by atoms with Gasteiger partial charge in [0.25, 0.3) is 0 Å². The molecule has 1 saturated heterocycles. The van der Waals surface area contributed by atoms with Crippen molar-refractivity contribution in [1.82, 2.24) is 19.9 Å². The summed E-state index contributed by atoms with van der Waals surface area (Å²) >= 11 is 3.12. The van der Waals surface area contributed by atoms with Gasteiger partial charge in [0.15, 0.2) is 10.3 Å². The maximum atomic E-state index is 12.4. The van der Waals surface area contributed by atoms with Crippen LogP contribution < -0.4 is 9.64 Å². The third-order valence-corrected chi connectivity index (χ3v) is 6.93. The van der Waals surface area contributed by atoms with E-state index in [4.69, 9.17) is 19.4 Å². The number of methoxy groups -OCH3 is 1. The fourth-order valence-electron chi connectivity index (χ4n) is 3.53. The second-order valence-electron chi connectivity index (χ2n) is 8.79. The van der Waals surface area contributed by atoms with Crippen LogP contribution in [-0.2, 0) is 4.74 Å². The summed E-state index contributed by atoms with van der Waals surface area (Å²) in [6, 6.07) is 9.82. The molecule has 0 N–H and O–H groups in total. The van der Waals surface area contributed by atoms with Crippen molar-refractivity contribution >= 4 is 34.3 Å². The Bertz CT molecular complexity index is 1140. The summed E-state index contributed by atoms with van der Waals surface area (Å²) in [5, 5.41) is 1.63. The first-order valence-electron chi connectivity index (χ1n) is 11.0. The van der Waals surface area contributed by atoms with E-state index in [1.165, 1.54) is 11.8 Å². The second kappa shape index (κ2) is 10.2. The summed E-state index contributed by atoms with van der Waals surface area (Å²) in [4.78, 5) is 31.5. The molecule has 0 atom stereocenters. The largest absolute Gasteiger partial charge is 0.497 e. The Morgan fingerprint density at radius 3 is 2.38 bits per heavy atom. The van der Waals surface area contributed by atoms with E-state index < -0.39 is 5.60 Å². The van der Waals surface area contributed by atoms with Crippen LogP contribution in [0.5, 0.6) is 5.75 Å². The molecule has 0 saturated carbocycles. The highest BCUT2D eigenvalue weighted by atomic mass is 32.2. The zero-order chi connectivity index (χ0) is 24.3. The number of thiazole rings is 1. The molecule has 4 rings (SSSR count). The van der Waals surface area contributed by atoms with E-state index >= 15 is 0 Å². The van der Waals surface area contributed by atoms with Crippen molar-refractivity contribution in [2.75, 3.05) is 44.4 Å². The quantitative estimate of drug-likeness (QED) is 0.356. The van der Waals surface area contributed by atoms with Gasteiger partial charge >= 0.3 is 6.09 Å². The average molecular weight is 500 g/mol. The summed E-state index contributed by atoms with van der Waals surface area (Å²) < 4.78 is 10.8. The second-order valence-corrected chi connectivity index (χ2v) is 10.5. The lowest BCUT2D eigenvalue weighted by molar-refractivity contribution is 0.0240. The van der Waals surface area contributed by atoms with Crippen molar-refractivity contribution in [3.8, 4) is 27.6 Å². The Labute approximate surface area is 208 Å². The molecule has 1 amide bonds. The molecule has 3 aromatic rings. The molecular formula is C24H29N5O3S2. The number of thioether (sulfide) groups is 1. The Morgan fingerprint density at radius 1 is 1.06 bits per heavy atom. The number of aromatic nitrogens is 3. The van der Waals surface area contributed by atoms with Gasteiger partial charge in [0.2, 0.25) is 0 Å². The van der Waals surface area contributed by atoms with Crippen molar-refractivity contribution in [1.29, 1.82) is 0 Å². The number of hydrogen-bond donors (Lipinski definition) is 0. The third-order valence-electron chi connectivity index (χ3n) is 5.23. The van der Waals surface area contributed by atoms with Gasteiger partial charge in [-0.05, 0) is 57.4 Å². The van der Waals surface area contributed by atoms with Crippen LogP contribution in [-0.4, -0.2) is 71.1 Å². The highest BCUT2D eigenvalue weighted by Crippen LogP contribution is 2.40. The van der Waals surface area contributed by atoms with E-state index in [1.54, 1.807) is 29.5 Å². The molecule has 3 heterocycles. The predicted octanol–water partition coefficient (Wildman–Crippen LogP) is 5.05. The zero-order valence-corrected chi connectivity index (χ0v) is 21.7. The maximum Gasteiger partial charge on any atom is 0.410 e. The summed E-state index contributed by atoms with van der Waals surface area (Å²) in [7, 11) is 1.66. The molecule has 10 heteroatoms. The minimum atomic E-state index is -0.501. The molecule has 0 unspecified atom stereocenters. The zero-order valence-electron chi connectivity index (χ0n) is 20.1. The van der Waals surface area contributed by atoms with Crippen LogP contribution in [0.4, 0.5) is 9.93 Å². The van der Waals surface area contributed by atoms with E-state index in [2.05, 4.69) is 9.88 Å². The number of anilines is 1. The van der Waals surface area contributed by atoms with E-state index in [0.717, 1.165) is 37.9 Å². The van der Waals surface area contributed by atoms with Crippen LogP contribution in [0.25, 0.3) is 21.8 Å². The molecule has 0 spiro atoms. The molecule has 180 valence electrons. The Hall–Kier alpha value is -2.85. The highest BCUT2D eigenvalue weighted by molar-refractivity contribution is 7.98. The van der Waals surface area contributed by atoms with Crippen molar-refractivity contribution < 1.29 is 14.3 Å². The lowest BCUT2D eigenvalue weighted by Gasteiger charge is -2.35. The fraction of sp³-hybridized carbons (Fsp3) is 0.417. The van der Waals surface area contributed by atoms with Crippen LogP contribution in [0.3, 0.4) is 0 Å². The monoisotopic (exact) mass is 499 g/mol. The number of amides is 1. The predicted molar refractivity (Wildman–Crippen MR) is 137 cm³/mol. The third kappa shape index (κ3) is 5.61. The molecule has 0 bridgehead atoms. The number of piperazine rings is 1. The minimum absolute atomic E-state index is 0.267. The average Bonchev–Trinajstić information content (AvgIpc) is 3.29. The first kappa shape index (κ1) is 24.3. The number of hydrogen-bond acceptors (Lipinski definition) is 9. The molecule has 8 nitrogen and oxygen atoms in total. The van der Waals surface area contributed by atoms with Crippen molar-refractivity contribution in [2.45, 2.75) is 31.5 Å². The standard InChI is InChI=1S/C24H29N5O3S2/c1-24(2,3)32-23(30)29-14-12-28(13-15-29)22-27-19(16-6-8-17(31-4)9-7-16)20(34-22)18-10-11-25-21(26-18)33-5/h6-11H,12-15H2,1-5H3. The lowest BCUT2D eigenvalue weighted by Crippen LogP contribution is -2.50. The van der Waals surface area contributed by atoms with Crippen LogP contribution >= 0.6 is 23.1 Å². The number of carbonyl (C=O) groups excluding carboxylic acids is 1. The molecule has 1 fully saturated rings. The Morgan fingerprint density at radius 2 is 1.76 bits per heavy atom. The molecule has 0 radical (unpaired) electrons. The van der Waals surface area contributed by atoms with E-state index in [9.17, 15) is 4.79 Å². The summed E-state index contributed by atoms with van der Waals surface area (Å²) in [5.74, 6) is 0.797. The van der Waals surface area contributed by atoms with E-state index in [0.29, 0.717) is 26.2 Å². The summed E-state index contributed by atoms with van der Waals surface area (Å²) in [6.07, 6.45) is 3.48. The van der Waals surface area contributed by atoms with Crippen LogP contribution in [0.2, 0.25) is 0 Å². The van der Waals surface area contributed by atoms with Crippen LogP contribution in [0.1, 0.15) is 20.8 Å². The number of carbonyl (C=O) groups is 1. The molecule has 2 aromatic heterocycles. The van der Waals surface area contributed by atoms with Gasteiger partial charge in [-0.15, -0.1) is 0 Å². The van der Waals surface area contributed by atoms with Gasteiger partial charge in [-0.2, -0.15) is 0 Å². The van der Waals surface area contributed by atoms with E-state index in [-0.39, 0.29) is 6.09 Å². The SMILES string of the molecule is COc1ccc(-c2nc(N3CCN(C(=O)OC(C)(C)C)CC3)sc2-c2ccnc(SC)n2)cc1. The summed E-state index contributed by atoms with van der Waals surface area (Å²) in [5.41, 5.74) is 2.22. The minimum Gasteiger partial charge on any atom is -0.497 e. The van der Waals surface area contributed by atoms with Gasteiger partial charge in [0.05, 0.1) is 23.4 Å². The van der Waals surface area contributed by atoms with Gasteiger partial charge in [-0.25, -0.2) is 19.7 Å². The molecule has 34 heavy (non-hydrogen) atoms. The number of ether oxygens (including phenoxy) is 2. The van der Waals surface area contributed by atoms with Gasteiger partial charge < -0.3 is 19.3 Å². The van der Waals surface area contributed by atoms with Gasteiger partial charge in [-0.1, -0.05) is 23.1 Å². The lowest BCUT2D eigenvalue weighted by atomic mass is 10.1. The smallest absolute Gasteiger partial charge is 0.410 e. The van der Waals surface area contributed by atoms with Crippen molar-refractivity contribution in [2.24, 2.45) is 0 Å². The van der Waals surface area contributed by atoms with Gasteiger partial charge in [0, 0.05) is 37.9 Å². The molecule has 1 aromatic carbocycles. The normalized spacial score (nSPS) is 14.3. The molecular weight excluding hydrogens is 470 g/mol.